The van der Waals surface area contributed by atoms with Crippen LogP contribution in [0, 0.1) is 11.8 Å². The van der Waals surface area contributed by atoms with E-state index in [0.717, 1.165) is 19.1 Å². The third-order valence-corrected chi connectivity index (χ3v) is 2.05. The summed E-state index contributed by atoms with van der Waals surface area (Å²) in [6.45, 7) is 2.01. The molecular weight excluding hydrogens is 112 g/mol. The molecule has 0 aromatic rings. The van der Waals surface area contributed by atoms with Gasteiger partial charge in [-0.15, -0.1) is 0 Å². The normalized spacial score (nSPS) is 25.4. The molecule has 0 bridgehead atoms. The van der Waals surface area contributed by atoms with Crippen LogP contribution in [0.5, 0.6) is 0 Å². The van der Waals surface area contributed by atoms with Gasteiger partial charge >= 0.3 is 0 Å². The van der Waals surface area contributed by atoms with E-state index in [1.54, 1.807) is 0 Å². The molecule has 0 saturated heterocycles. The molecule has 0 heterocycles. The van der Waals surface area contributed by atoms with Gasteiger partial charge in [0, 0.05) is 5.41 Å². The minimum absolute atomic E-state index is 0.0851. The van der Waals surface area contributed by atoms with E-state index in [0.29, 0.717) is 0 Å². The van der Waals surface area contributed by atoms with Gasteiger partial charge in [-0.1, -0.05) is 19.8 Å². The Kier molecular flexibility index (Phi) is 1.89. The molecule has 0 amide bonds. The van der Waals surface area contributed by atoms with Crippen LogP contribution >= 0.6 is 0 Å². The number of hydrogen-bond donors (Lipinski definition) is 0. The van der Waals surface area contributed by atoms with Crippen LogP contribution in [0.4, 0.5) is 0 Å². The average molecular weight is 125 g/mol. The summed E-state index contributed by atoms with van der Waals surface area (Å²) in [6.07, 6.45) is 7.87. The highest BCUT2D eigenvalue weighted by Crippen LogP contribution is 2.32. The van der Waals surface area contributed by atoms with Crippen LogP contribution in [0.25, 0.3) is 0 Å². The summed E-state index contributed by atoms with van der Waals surface area (Å²) >= 11 is 0. The zero-order chi connectivity index (χ0) is 6.74. The topological polar surface area (TPSA) is 17.1 Å². The molecule has 0 aromatic heterocycles. The second-order valence-corrected chi connectivity index (χ2v) is 3.07. The molecule has 0 aliphatic heterocycles. The number of hydrogen-bond acceptors (Lipinski definition) is 1. The molecule has 1 atom stereocenters. The Morgan fingerprint density at radius 3 is 2.67 bits per heavy atom. The third-order valence-electron chi connectivity index (χ3n) is 2.05. The van der Waals surface area contributed by atoms with E-state index < -0.39 is 0 Å². The van der Waals surface area contributed by atoms with Crippen molar-refractivity contribution in [3.63, 3.8) is 0 Å². The van der Waals surface area contributed by atoms with Gasteiger partial charge in [-0.05, 0) is 19.3 Å². The van der Waals surface area contributed by atoms with Crippen molar-refractivity contribution in [3.8, 4) is 0 Å². The lowest BCUT2D eigenvalue weighted by atomic mass is 9.77. The molecule has 1 aliphatic rings. The third kappa shape index (κ3) is 1.54. The quantitative estimate of drug-likeness (QED) is 0.490. The maximum atomic E-state index is 10.5. The highest BCUT2D eigenvalue weighted by molar-refractivity contribution is 5.61. The van der Waals surface area contributed by atoms with Gasteiger partial charge in [-0.2, -0.15) is 0 Å². The number of carbonyl (C=O) groups excluding carboxylic acids is 1. The lowest BCUT2D eigenvalue weighted by Gasteiger charge is -2.26. The van der Waals surface area contributed by atoms with Crippen molar-refractivity contribution in [1.82, 2.24) is 0 Å². The van der Waals surface area contributed by atoms with Gasteiger partial charge in [-0.25, -0.2) is 0 Å². The molecule has 0 aromatic carbocycles. The predicted molar refractivity (Wildman–Crippen MR) is 36.9 cm³/mol. The Morgan fingerprint density at radius 1 is 1.56 bits per heavy atom. The summed E-state index contributed by atoms with van der Waals surface area (Å²) < 4.78 is 0. The second kappa shape index (κ2) is 2.51. The molecular formula is C8H13O. The fraction of sp³-hybridized carbons (Fsp3) is 0.750. The molecule has 51 valence electrons. The number of carbonyl (C=O) groups is 1. The van der Waals surface area contributed by atoms with Crippen molar-refractivity contribution >= 4 is 6.29 Å². The lowest BCUT2D eigenvalue weighted by molar-refractivity contribution is -0.114. The Bertz CT molecular complexity index is 101. The second-order valence-electron chi connectivity index (χ2n) is 3.07. The first kappa shape index (κ1) is 6.79. The molecule has 1 aliphatic carbocycles. The SMILES string of the molecule is CC1(C=O)[CH]CCCC1. The van der Waals surface area contributed by atoms with Gasteiger partial charge in [0.15, 0.2) is 0 Å². The molecule has 1 unspecified atom stereocenters. The smallest absolute Gasteiger partial charge is 0.126 e. The van der Waals surface area contributed by atoms with Gasteiger partial charge in [0.2, 0.25) is 0 Å². The van der Waals surface area contributed by atoms with Crippen molar-refractivity contribution < 1.29 is 4.79 Å². The van der Waals surface area contributed by atoms with Gasteiger partial charge in [0.05, 0.1) is 0 Å². The highest BCUT2D eigenvalue weighted by Gasteiger charge is 2.25. The van der Waals surface area contributed by atoms with E-state index in [2.05, 4.69) is 6.42 Å². The van der Waals surface area contributed by atoms with E-state index in [4.69, 9.17) is 0 Å². The Hall–Kier alpha value is -0.330. The summed E-state index contributed by atoms with van der Waals surface area (Å²) in [5, 5.41) is 0. The fourth-order valence-electron chi connectivity index (χ4n) is 1.29. The molecule has 1 saturated carbocycles. The molecule has 1 heteroatoms. The minimum Gasteiger partial charge on any atom is -0.303 e. The lowest BCUT2D eigenvalue weighted by Crippen LogP contribution is -2.21. The maximum absolute atomic E-state index is 10.5. The van der Waals surface area contributed by atoms with E-state index in [1.807, 2.05) is 6.92 Å². The summed E-state index contributed by atoms with van der Waals surface area (Å²) in [4.78, 5) is 10.5. The van der Waals surface area contributed by atoms with E-state index in [1.165, 1.54) is 12.8 Å². The van der Waals surface area contributed by atoms with Gasteiger partial charge in [-0.3, -0.25) is 0 Å². The predicted octanol–water partition coefficient (Wildman–Crippen LogP) is 1.97. The average Bonchev–Trinajstić information content (AvgIpc) is 1.90. The summed E-state index contributed by atoms with van der Waals surface area (Å²) in [7, 11) is 0. The molecule has 0 spiro atoms. The number of aldehydes is 1. The van der Waals surface area contributed by atoms with Crippen LogP contribution in [0.15, 0.2) is 0 Å². The molecule has 0 N–H and O–H groups in total. The van der Waals surface area contributed by atoms with Crippen LogP contribution in [0.1, 0.15) is 32.6 Å². The zero-order valence-corrected chi connectivity index (χ0v) is 5.89. The van der Waals surface area contributed by atoms with E-state index in [9.17, 15) is 4.79 Å². The molecule has 1 fully saturated rings. The standard InChI is InChI=1S/C8H13O/c1-8(7-9)5-3-2-4-6-8/h5,7H,2-4,6H2,1H3. The van der Waals surface area contributed by atoms with Crippen LogP contribution in [-0.2, 0) is 4.79 Å². The summed E-state index contributed by atoms with van der Waals surface area (Å²) in [5.74, 6) is 0. The van der Waals surface area contributed by atoms with Crippen molar-refractivity contribution in [2.24, 2.45) is 5.41 Å². The van der Waals surface area contributed by atoms with Crippen LogP contribution in [0.3, 0.4) is 0 Å². The van der Waals surface area contributed by atoms with Gasteiger partial charge in [0.1, 0.15) is 6.29 Å². The van der Waals surface area contributed by atoms with Crippen molar-refractivity contribution in [1.29, 1.82) is 0 Å². The molecule has 1 rings (SSSR count). The van der Waals surface area contributed by atoms with Crippen LogP contribution in [-0.4, -0.2) is 6.29 Å². The highest BCUT2D eigenvalue weighted by atomic mass is 16.1. The molecule has 9 heavy (non-hydrogen) atoms. The van der Waals surface area contributed by atoms with Crippen molar-refractivity contribution in [3.05, 3.63) is 6.42 Å². The van der Waals surface area contributed by atoms with Crippen molar-refractivity contribution in [2.45, 2.75) is 32.6 Å². The van der Waals surface area contributed by atoms with Crippen molar-refractivity contribution in [2.75, 3.05) is 0 Å². The first-order chi connectivity index (χ1) is 4.27. The first-order valence-corrected chi connectivity index (χ1v) is 3.57. The molecule has 1 nitrogen and oxygen atoms in total. The Balaban J connectivity index is 2.46. The largest absolute Gasteiger partial charge is 0.303 e. The summed E-state index contributed by atoms with van der Waals surface area (Å²) in [5.41, 5.74) is -0.0851. The van der Waals surface area contributed by atoms with Crippen LogP contribution < -0.4 is 0 Å². The van der Waals surface area contributed by atoms with Crippen LogP contribution in [0.2, 0.25) is 0 Å². The Morgan fingerprint density at radius 2 is 2.33 bits per heavy atom. The Labute approximate surface area is 56.4 Å². The maximum Gasteiger partial charge on any atom is 0.126 e. The molecule has 1 radical (unpaired) electrons. The first-order valence-electron chi connectivity index (χ1n) is 3.57. The minimum atomic E-state index is -0.0851. The number of rotatable bonds is 1. The fourth-order valence-corrected chi connectivity index (χ4v) is 1.29. The summed E-state index contributed by atoms with van der Waals surface area (Å²) in [6, 6.07) is 0. The zero-order valence-electron chi connectivity index (χ0n) is 5.89. The monoisotopic (exact) mass is 125 g/mol. The van der Waals surface area contributed by atoms with E-state index in [-0.39, 0.29) is 5.41 Å². The van der Waals surface area contributed by atoms with Gasteiger partial charge < -0.3 is 4.79 Å². The van der Waals surface area contributed by atoms with E-state index >= 15 is 0 Å². The van der Waals surface area contributed by atoms with Gasteiger partial charge in [0.25, 0.3) is 0 Å².